The summed E-state index contributed by atoms with van der Waals surface area (Å²) >= 11 is 0. The average molecular weight is 458 g/mol. The second-order valence-electron chi connectivity index (χ2n) is 2.08. The number of halogens is 3. The quantitative estimate of drug-likeness (QED) is 0.212. The fourth-order valence-corrected chi connectivity index (χ4v) is 2.31. The maximum Gasteiger partial charge on any atom is 3.00 e. The molecule has 0 aromatic carbocycles. The summed E-state index contributed by atoms with van der Waals surface area (Å²) in [6, 6.07) is 0. The molecule has 0 aliphatic carbocycles. The standard InChI is InChI=1S/C9H15P.Au.3ClH/c1-4-7-10(8-5-2)9-6-3;;;;/h4-6H,1-3,7-9H2;;3*1H/q;+3;;;/p-3. The van der Waals surface area contributed by atoms with Crippen LogP contribution in [0.15, 0.2) is 38.0 Å². The van der Waals surface area contributed by atoms with E-state index in [0.29, 0.717) is 0 Å². The third-order valence-corrected chi connectivity index (χ3v) is 3.49. The summed E-state index contributed by atoms with van der Waals surface area (Å²) in [6.07, 6.45) is 9.35. The van der Waals surface area contributed by atoms with E-state index >= 15 is 0 Å². The van der Waals surface area contributed by atoms with Gasteiger partial charge in [0, 0.05) is 0 Å². The van der Waals surface area contributed by atoms with Gasteiger partial charge in [0.1, 0.15) is 0 Å². The number of hydrogen-bond donors (Lipinski definition) is 0. The number of rotatable bonds is 6. The normalized spacial score (nSPS) is 6.64. The molecular formula is C9H15AuCl3P. The van der Waals surface area contributed by atoms with Gasteiger partial charge >= 0.3 is 22.4 Å². The van der Waals surface area contributed by atoms with Gasteiger partial charge in [-0.15, -0.1) is 19.7 Å². The molecule has 0 unspecified atom stereocenters. The molecule has 0 saturated carbocycles. The van der Waals surface area contributed by atoms with Gasteiger partial charge in [-0.2, -0.15) is 0 Å². The third-order valence-electron chi connectivity index (χ3n) is 1.16. The van der Waals surface area contributed by atoms with Crippen molar-refractivity contribution in [3.05, 3.63) is 38.0 Å². The van der Waals surface area contributed by atoms with Crippen LogP contribution in [0, 0.1) is 0 Å². The minimum absolute atomic E-state index is 0. The van der Waals surface area contributed by atoms with Gasteiger partial charge in [-0.25, -0.2) is 0 Å². The van der Waals surface area contributed by atoms with Crippen LogP contribution in [0.4, 0.5) is 0 Å². The van der Waals surface area contributed by atoms with E-state index in [-0.39, 0.29) is 67.5 Å². The monoisotopic (exact) mass is 456 g/mol. The molecule has 0 aromatic rings. The Balaban J connectivity index is -0.0000000675. The van der Waals surface area contributed by atoms with Crippen LogP contribution in [-0.2, 0) is 22.4 Å². The molecule has 0 aliphatic heterocycles. The van der Waals surface area contributed by atoms with Gasteiger partial charge in [-0.1, -0.05) is 26.1 Å². The third kappa shape index (κ3) is 18.9. The van der Waals surface area contributed by atoms with Crippen LogP contribution in [0.25, 0.3) is 0 Å². The molecule has 0 nitrogen and oxygen atoms in total. The summed E-state index contributed by atoms with van der Waals surface area (Å²) in [6.45, 7) is 11.1. The van der Waals surface area contributed by atoms with Crippen molar-refractivity contribution in [1.29, 1.82) is 0 Å². The largest absolute Gasteiger partial charge is 3.00 e. The van der Waals surface area contributed by atoms with Gasteiger partial charge in [0.2, 0.25) is 0 Å². The second-order valence-corrected chi connectivity index (χ2v) is 4.52. The topological polar surface area (TPSA) is 0 Å². The zero-order valence-electron chi connectivity index (χ0n) is 7.86. The molecule has 0 aliphatic rings. The van der Waals surface area contributed by atoms with E-state index in [4.69, 9.17) is 0 Å². The first-order valence-corrected chi connectivity index (χ1v) is 5.30. The number of allylic oxidation sites excluding steroid dienone is 3. The van der Waals surface area contributed by atoms with Gasteiger partial charge in [0.25, 0.3) is 0 Å². The van der Waals surface area contributed by atoms with Crippen molar-refractivity contribution < 1.29 is 59.6 Å². The van der Waals surface area contributed by atoms with E-state index in [1.807, 2.05) is 18.2 Å². The van der Waals surface area contributed by atoms with Crippen LogP contribution in [0.1, 0.15) is 0 Å². The van der Waals surface area contributed by atoms with E-state index in [9.17, 15) is 0 Å². The van der Waals surface area contributed by atoms with E-state index in [2.05, 4.69) is 19.7 Å². The van der Waals surface area contributed by atoms with Crippen LogP contribution >= 0.6 is 7.92 Å². The molecule has 0 heterocycles. The van der Waals surface area contributed by atoms with Crippen LogP contribution < -0.4 is 37.2 Å². The molecule has 88 valence electrons. The summed E-state index contributed by atoms with van der Waals surface area (Å²) in [5.41, 5.74) is 0. The zero-order chi connectivity index (χ0) is 7.82. The van der Waals surface area contributed by atoms with Crippen molar-refractivity contribution in [2.45, 2.75) is 0 Å². The van der Waals surface area contributed by atoms with Gasteiger partial charge in [-0.3, -0.25) is 0 Å². The first-order valence-electron chi connectivity index (χ1n) is 3.40. The molecule has 0 spiro atoms. The van der Waals surface area contributed by atoms with E-state index < -0.39 is 0 Å². The predicted octanol–water partition coefficient (Wildman–Crippen LogP) is -5.96. The average Bonchev–Trinajstić information content (AvgIpc) is 1.90. The zero-order valence-corrected chi connectivity index (χ0v) is 13.2. The fourth-order valence-electron chi connectivity index (χ4n) is 0.771. The predicted molar refractivity (Wildman–Crippen MR) is 52.1 cm³/mol. The SMILES string of the molecule is C=CCP(CC=C)CC=C.[Au+3].[Cl-].[Cl-].[Cl-]. The van der Waals surface area contributed by atoms with Gasteiger partial charge in [0.05, 0.1) is 0 Å². The number of hydrogen-bond acceptors (Lipinski definition) is 0. The van der Waals surface area contributed by atoms with E-state index in [1.165, 1.54) is 0 Å². The minimum atomic E-state index is 0. The van der Waals surface area contributed by atoms with Gasteiger partial charge in [0.15, 0.2) is 0 Å². The Morgan fingerprint density at radius 3 is 1.07 bits per heavy atom. The maximum absolute atomic E-state index is 3.71. The van der Waals surface area contributed by atoms with Crippen LogP contribution in [0.2, 0.25) is 0 Å². The van der Waals surface area contributed by atoms with E-state index in [0.717, 1.165) is 18.5 Å². The molecule has 0 aromatic heterocycles. The summed E-state index contributed by atoms with van der Waals surface area (Å²) in [7, 11) is 0.0849. The van der Waals surface area contributed by atoms with Crippen molar-refractivity contribution in [3.8, 4) is 0 Å². The van der Waals surface area contributed by atoms with Crippen molar-refractivity contribution in [3.63, 3.8) is 0 Å². The van der Waals surface area contributed by atoms with Crippen molar-refractivity contribution in [2.24, 2.45) is 0 Å². The Kier molecular flexibility index (Phi) is 50.2. The minimum Gasteiger partial charge on any atom is -1.00 e. The van der Waals surface area contributed by atoms with Gasteiger partial charge in [-0.05, 0) is 18.5 Å². The summed E-state index contributed by atoms with van der Waals surface area (Å²) < 4.78 is 0. The molecule has 0 atom stereocenters. The Bertz CT molecular complexity index is 107. The molecule has 0 fully saturated rings. The Morgan fingerprint density at radius 1 is 0.714 bits per heavy atom. The van der Waals surface area contributed by atoms with Crippen molar-refractivity contribution in [2.75, 3.05) is 18.5 Å². The summed E-state index contributed by atoms with van der Waals surface area (Å²) in [4.78, 5) is 0. The van der Waals surface area contributed by atoms with Crippen molar-refractivity contribution >= 4 is 7.92 Å². The molecule has 0 rings (SSSR count). The molecule has 0 saturated heterocycles. The molecule has 5 heteroatoms. The Labute approximate surface area is 123 Å². The first-order chi connectivity index (χ1) is 4.85. The smallest absolute Gasteiger partial charge is 1.00 e. The summed E-state index contributed by atoms with van der Waals surface area (Å²) in [5.74, 6) is 0. The maximum atomic E-state index is 3.71. The Hall–Kier alpha value is 1.26. The summed E-state index contributed by atoms with van der Waals surface area (Å²) in [5, 5.41) is 0. The van der Waals surface area contributed by atoms with Crippen LogP contribution in [0.3, 0.4) is 0 Å². The first kappa shape index (κ1) is 29.5. The van der Waals surface area contributed by atoms with E-state index in [1.54, 1.807) is 0 Å². The van der Waals surface area contributed by atoms with Crippen molar-refractivity contribution in [1.82, 2.24) is 0 Å². The van der Waals surface area contributed by atoms with Crippen LogP contribution in [0.5, 0.6) is 0 Å². The molecule has 0 amide bonds. The molecule has 0 bridgehead atoms. The van der Waals surface area contributed by atoms with Gasteiger partial charge < -0.3 is 37.2 Å². The molecule has 0 N–H and O–H groups in total. The molecular weight excluding hydrogens is 442 g/mol. The Morgan fingerprint density at radius 2 is 0.929 bits per heavy atom. The fraction of sp³-hybridized carbons (Fsp3) is 0.333. The molecule has 0 radical (unpaired) electrons. The molecule has 14 heavy (non-hydrogen) atoms. The van der Waals surface area contributed by atoms with Crippen LogP contribution in [-0.4, -0.2) is 18.5 Å². The second kappa shape index (κ2) is 23.8.